The topological polar surface area (TPSA) is 71.8 Å². The zero-order valence-corrected chi connectivity index (χ0v) is 12.3. The highest BCUT2D eigenvalue weighted by atomic mass is 16.1. The van der Waals surface area contributed by atoms with Crippen molar-refractivity contribution in [2.75, 3.05) is 0 Å². The van der Waals surface area contributed by atoms with Crippen LogP contribution in [0, 0.1) is 11.3 Å². The molecule has 4 heteroatoms. The average molecular weight is 271 g/mol. The van der Waals surface area contributed by atoms with E-state index in [0.29, 0.717) is 17.0 Å². The summed E-state index contributed by atoms with van der Waals surface area (Å²) in [5.74, 6) is 0.244. The minimum Gasteiger partial charge on any atom is -0.364 e. The van der Waals surface area contributed by atoms with E-state index in [0.717, 1.165) is 23.9 Å². The fourth-order valence-corrected chi connectivity index (χ4v) is 3.08. The number of nitrogens with zero attached hydrogens (tertiary/aromatic N) is 1. The Morgan fingerprint density at radius 1 is 1.40 bits per heavy atom. The van der Waals surface area contributed by atoms with Crippen molar-refractivity contribution < 1.29 is 4.79 Å². The predicted molar refractivity (Wildman–Crippen MR) is 79.6 cm³/mol. The number of aryl methyl sites for hydroxylation is 1. The molecule has 3 N–H and O–H groups in total. The van der Waals surface area contributed by atoms with Crippen molar-refractivity contribution in [3.05, 3.63) is 29.1 Å². The monoisotopic (exact) mass is 271 g/mol. The van der Waals surface area contributed by atoms with E-state index in [2.05, 4.69) is 31.8 Å². The van der Waals surface area contributed by atoms with Gasteiger partial charge in [0.15, 0.2) is 0 Å². The van der Waals surface area contributed by atoms with Crippen LogP contribution in [0.1, 0.15) is 48.9 Å². The molecule has 1 unspecified atom stereocenters. The SMILES string of the molecule is CC(C)(C)C1CCc2nc3cc(C(N)=O)[nH]c3cc2C1. The number of hydrogen-bond donors (Lipinski definition) is 2. The molecule has 0 fully saturated rings. The van der Waals surface area contributed by atoms with Crippen LogP contribution < -0.4 is 5.73 Å². The Morgan fingerprint density at radius 3 is 2.80 bits per heavy atom. The van der Waals surface area contributed by atoms with E-state index in [1.165, 1.54) is 17.7 Å². The minimum atomic E-state index is -0.437. The molecule has 0 radical (unpaired) electrons. The van der Waals surface area contributed by atoms with Gasteiger partial charge in [-0.25, -0.2) is 0 Å². The van der Waals surface area contributed by atoms with E-state index in [-0.39, 0.29) is 0 Å². The number of pyridine rings is 1. The van der Waals surface area contributed by atoms with Gasteiger partial charge < -0.3 is 10.7 Å². The van der Waals surface area contributed by atoms with Crippen molar-refractivity contribution in [3.8, 4) is 0 Å². The number of nitrogens with two attached hydrogens (primary N) is 1. The number of fused-ring (bicyclic) bond motifs is 2. The van der Waals surface area contributed by atoms with Gasteiger partial charge in [-0.05, 0) is 48.3 Å². The van der Waals surface area contributed by atoms with Gasteiger partial charge in [0.05, 0.1) is 11.0 Å². The summed E-state index contributed by atoms with van der Waals surface area (Å²) in [6, 6.07) is 3.88. The molecule has 0 spiro atoms. The molecule has 20 heavy (non-hydrogen) atoms. The van der Waals surface area contributed by atoms with Crippen LogP contribution in [0.15, 0.2) is 12.1 Å². The lowest BCUT2D eigenvalue weighted by atomic mass is 9.71. The number of carbonyl (C=O) groups excluding carboxylic acids is 1. The van der Waals surface area contributed by atoms with Crippen LogP contribution in [-0.2, 0) is 12.8 Å². The van der Waals surface area contributed by atoms with E-state index < -0.39 is 5.91 Å². The quantitative estimate of drug-likeness (QED) is 0.837. The lowest BCUT2D eigenvalue weighted by Crippen LogP contribution is -2.27. The van der Waals surface area contributed by atoms with Gasteiger partial charge in [-0.15, -0.1) is 0 Å². The fourth-order valence-electron chi connectivity index (χ4n) is 3.08. The van der Waals surface area contributed by atoms with Crippen molar-refractivity contribution in [3.63, 3.8) is 0 Å². The van der Waals surface area contributed by atoms with Crippen LogP contribution >= 0.6 is 0 Å². The Balaban J connectivity index is 2.02. The third-order valence-electron chi connectivity index (χ3n) is 4.46. The summed E-state index contributed by atoms with van der Waals surface area (Å²) in [6.45, 7) is 6.90. The molecule has 0 aromatic carbocycles. The highest BCUT2D eigenvalue weighted by molar-refractivity contribution is 5.96. The highest BCUT2D eigenvalue weighted by Crippen LogP contribution is 2.37. The second kappa shape index (κ2) is 4.33. The van der Waals surface area contributed by atoms with Gasteiger partial charge in [0.25, 0.3) is 5.91 Å². The predicted octanol–water partition coefficient (Wildman–Crippen LogP) is 2.81. The summed E-state index contributed by atoms with van der Waals surface area (Å²) in [5.41, 5.74) is 10.3. The lowest BCUT2D eigenvalue weighted by Gasteiger charge is -2.34. The molecule has 0 saturated carbocycles. The zero-order chi connectivity index (χ0) is 14.5. The number of primary amides is 1. The average Bonchev–Trinajstić information content (AvgIpc) is 2.77. The van der Waals surface area contributed by atoms with E-state index in [1.807, 2.05) is 0 Å². The molecule has 0 saturated heterocycles. The Kier molecular flexibility index (Phi) is 2.85. The maximum absolute atomic E-state index is 11.2. The first kappa shape index (κ1) is 13.2. The maximum atomic E-state index is 11.2. The Labute approximate surface area is 118 Å². The first-order valence-electron chi connectivity index (χ1n) is 7.16. The third kappa shape index (κ3) is 2.19. The molecule has 2 heterocycles. The van der Waals surface area contributed by atoms with Crippen LogP contribution in [-0.4, -0.2) is 15.9 Å². The van der Waals surface area contributed by atoms with Crippen LogP contribution in [0.4, 0.5) is 0 Å². The number of amides is 1. The van der Waals surface area contributed by atoms with Gasteiger partial charge >= 0.3 is 0 Å². The molecule has 2 aromatic heterocycles. The molecule has 3 rings (SSSR count). The number of H-pyrrole nitrogens is 1. The van der Waals surface area contributed by atoms with E-state index in [4.69, 9.17) is 10.7 Å². The molecular formula is C16H21N3O. The molecule has 0 aliphatic heterocycles. The minimum absolute atomic E-state index is 0.320. The number of aromatic nitrogens is 2. The van der Waals surface area contributed by atoms with Crippen molar-refractivity contribution in [1.82, 2.24) is 9.97 Å². The van der Waals surface area contributed by atoms with Crippen molar-refractivity contribution in [2.24, 2.45) is 17.1 Å². The zero-order valence-electron chi connectivity index (χ0n) is 12.3. The van der Waals surface area contributed by atoms with Crippen LogP contribution in [0.5, 0.6) is 0 Å². The van der Waals surface area contributed by atoms with Gasteiger partial charge in [0, 0.05) is 5.69 Å². The molecule has 1 aliphatic carbocycles. The van der Waals surface area contributed by atoms with Gasteiger partial charge in [0.2, 0.25) is 0 Å². The molecule has 2 aromatic rings. The number of hydrogen-bond acceptors (Lipinski definition) is 2. The fraction of sp³-hybridized carbons (Fsp3) is 0.500. The molecule has 1 amide bonds. The third-order valence-corrected chi connectivity index (χ3v) is 4.46. The summed E-state index contributed by atoms with van der Waals surface area (Å²) < 4.78 is 0. The number of carbonyl (C=O) groups is 1. The Hall–Kier alpha value is -1.84. The van der Waals surface area contributed by atoms with E-state index in [9.17, 15) is 4.79 Å². The summed E-state index contributed by atoms with van der Waals surface area (Å²) in [7, 11) is 0. The molecule has 0 bridgehead atoms. The standard InChI is InChI=1S/C16H21N3O/c1-16(2,3)10-4-5-11-9(6-10)7-12-13(18-11)8-14(19-12)15(17)20/h7-8,10,19H,4-6H2,1-3H3,(H2,17,20). The number of aromatic amines is 1. The van der Waals surface area contributed by atoms with Crippen molar-refractivity contribution >= 4 is 16.9 Å². The first-order valence-corrected chi connectivity index (χ1v) is 7.16. The van der Waals surface area contributed by atoms with Gasteiger partial charge in [0.1, 0.15) is 5.69 Å². The van der Waals surface area contributed by atoms with Crippen LogP contribution in [0.3, 0.4) is 0 Å². The van der Waals surface area contributed by atoms with Crippen LogP contribution in [0.2, 0.25) is 0 Å². The molecule has 1 atom stereocenters. The number of nitrogens with one attached hydrogen (secondary N) is 1. The van der Waals surface area contributed by atoms with Gasteiger partial charge in [-0.3, -0.25) is 9.78 Å². The maximum Gasteiger partial charge on any atom is 0.265 e. The Morgan fingerprint density at radius 2 is 2.15 bits per heavy atom. The summed E-state index contributed by atoms with van der Waals surface area (Å²) in [6.07, 6.45) is 3.26. The van der Waals surface area contributed by atoms with Crippen molar-refractivity contribution in [1.29, 1.82) is 0 Å². The summed E-state index contributed by atoms with van der Waals surface area (Å²) >= 11 is 0. The van der Waals surface area contributed by atoms with Crippen molar-refractivity contribution in [2.45, 2.75) is 40.0 Å². The van der Waals surface area contributed by atoms with Gasteiger partial charge in [-0.2, -0.15) is 0 Å². The first-order chi connectivity index (χ1) is 9.34. The van der Waals surface area contributed by atoms with Crippen LogP contribution in [0.25, 0.3) is 11.0 Å². The second-order valence-corrected chi connectivity index (χ2v) is 6.88. The summed E-state index contributed by atoms with van der Waals surface area (Å²) in [5, 5.41) is 0. The number of rotatable bonds is 1. The normalized spacial score (nSPS) is 19.1. The van der Waals surface area contributed by atoms with E-state index >= 15 is 0 Å². The molecule has 106 valence electrons. The second-order valence-electron chi connectivity index (χ2n) is 6.88. The van der Waals surface area contributed by atoms with E-state index in [1.54, 1.807) is 6.07 Å². The molecule has 1 aliphatic rings. The molecular weight excluding hydrogens is 250 g/mol. The highest BCUT2D eigenvalue weighted by Gasteiger charge is 2.29. The largest absolute Gasteiger partial charge is 0.364 e. The summed E-state index contributed by atoms with van der Waals surface area (Å²) in [4.78, 5) is 19.0. The van der Waals surface area contributed by atoms with Gasteiger partial charge in [-0.1, -0.05) is 20.8 Å². The smallest absolute Gasteiger partial charge is 0.265 e. The molecule has 4 nitrogen and oxygen atoms in total. The Bertz CT molecular complexity index is 679. The lowest BCUT2D eigenvalue weighted by molar-refractivity contribution is 0.0996.